The lowest BCUT2D eigenvalue weighted by molar-refractivity contribution is 1.17. The first-order chi connectivity index (χ1) is 43.7. The van der Waals surface area contributed by atoms with E-state index in [9.17, 15) is 0 Å². The fourth-order valence-electron chi connectivity index (χ4n) is 14.6. The first-order valence-electron chi connectivity index (χ1n) is 30.5. The van der Waals surface area contributed by atoms with E-state index in [1.807, 2.05) is 0 Å². The van der Waals surface area contributed by atoms with Gasteiger partial charge in [-0.15, -0.1) is 0 Å². The SMILES string of the molecule is c1ccc(-c2cccc([Si](c3ccccc3)(c3cccc(-c4ccccc4)c3)c3cccc(-n4c5ccccc5c5cc(-n6c7ccccc7c7c([Si](c8ccccc8)(c8ccccc8)c8cccc(-c9ccccc9)c8)cccc76)ccc54)c3)c2)cc1. The summed E-state index contributed by atoms with van der Waals surface area (Å²) >= 11 is 0. The number of benzene rings is 14. The fourth-order valence-corrected chi connectivity index (χ4v) is 24.4. The van der Waals surface area contributed by atoms with Gasteiger partial charge in [-0.05, 0) is 123 Å². The number of hydrogen-bond acceptors (Lipinski definition) is 0. The Balaban J connectivity index is 0.914. The van der Waals surface area contributed by atoms with Crippen LogP contribution in [0.5, 0.6) is 0 Å². The van der Waals surface area contributed by atoms with Gasteiger partial charge < -0.3 is 9.13 Å². The van der Waals surface area contributed by atoms with Crippen molar-refractivity contribution in [3.8, 4) is 44.8 Å². The molecule has 0 saturated heterocycles. The Morgan fingerprint density at radius 2 is 0.511 bits per heavy atom. The molecule has 0 spiro atoms. The van der Waals surface area contributed by atoms with E-state index in [0.717, 1.165) is 16.9 Å². The summed E-state index contributed by atoms with van der Waals surface area (Å²) < 4.78 is 5.04. The van der Waals surface area contributed by atoms with E-state index in [1.165, 1.54) is 113 Å². The molecular formula is C84H60N2Si2. The van der Waals surface area contributed by atoms with Gasteiger partial charge in [-0.25, -0.2) is 0 Å². The highest BCUT2D eigenvalue weighted by Crippen LogP contribution is 2.38. The minimum atomic E-state index is -3.12. The third-order valence-corrected chi connectivity index (χ3v) is 27.9. The summed E-state index contributed by atoms with van der Waals surface area (Å²) in [7, 11) is -6.20. The third-order valence-electron chi connectivity index (χ3n) is 18.4. The smallest absolute Gasteiger partial charge is 0.180 e. The summed E-state index contributed by atoms with van der Waals surface area (Å²) in [5.74, 6) is 0. The molecule has 2 nitrogen and oxygen atoms in total. The van der Waals surface area contributed by atoms with Crippen LogP contribution in [0.25, 0.3) is 88.4 Å². The Labute approximate surface area is 515 Å². The van der Waals surface area contributed by atoms with Gasteiger partial charge >= 0.3 is 0 Å². The van der Waals surface area contributed by atoms with E-state index < -0.39 is 16.1 Å². The quantitative estimate of drug-likeness (QED) is 0.0804. The molecule has 88 heavy (non-hydrogen) atoms. The van der Waals surface area contributed by atoms with Gasteiger partial charge in [0.1, 0.15) is 0 Å². The molecule has 0 N–H and O–H groups in total. The largest absolute Gasteiger partial charge is 0.309 e. The molecule has 0 radical (unpaired) electrons. The maximum absolute atomic E-state index is 3.12. The second-order valence-corrected chi connectivity index (χ2v) is 30.7. The highest BCUT2D eigenvalue weighted by atomic mass is 28.3. The van der Waals surface area contributed by atoms with E-state index in [4.69, 9.17) is 0 Å². The minimum Gasteiger partial charge on any atom is -0.309 e. The van der Waals surface area contributed by atoms with Gasteiger partial charge in [0, 0.05) is 32.9 Å². The second kappa shape index (κ2) is 22.2. The highest BCUT2D eigenvalue weighted by molar-refractivity contribution is 7.21. The number of aromatic nitrogens is 2. The maximum Gasteiger partial charge on any atom is 0.180 e. The van der Waals surface area contributed by atoms with Crippen LogP contribution in [0.15, 0.2) is 364 Å². The molecule has 0 bridgehead atoms. The summed E-state index contributed by atoms with van der Waals surface area (Å²) in [6, 6.07) is 137. The molecule has 0 unspecified atom stereocenters. The number of nitrogens with zero attached hydrogens (tertiary/aromatic N) is 2. The van der Waals surface area contributed by atoms with Crippen molar-refractivity contribution < 1.29 is 0 Å². The molecular weight excluding hydrogens is 1090 g/mol. The number of rotatable bonds is 13. The van der Waals surface area contributed by atoms with Gasteiger partial charge in [0.25, 0.3) is 0 Å². The third kappa shape index (κ3) is 8.67. The predicted octanol–water partition coefficient (Wildman–Crippen LogP) is 15.6. The molecule has 16 rings (SSSR count). The predicted molar refractivity (Wildman–Crippen MR) is 379 cm³/mol. The van der Waals surface area contributed by atoms with Gasteiger partial charge in [0.05, 0.1) is 22.1 Å². The first-order valence-corrected chi connectivity index (χ1v) is 34.5. The monoisotopic (exact) mass is 1150 g/mol. The molecule has 2 aromatic heterocycles. The summed E-state index contributed by atoms with van der Waals surface area (Å²) in [6.45, 7) is 0. The van der Waals surface area contributed by atoms with Crippen LogP contribution in [0.1, 0.15) is 0 Å². The fraction of sp³-hybridized carbons (Fsp3) is 0. The van der Waals surface area contributed by atoms with Gasteiger partial charge in [-0.1, -0.05) is 315 Å². The summed E-state index contributed by atoms with van der Waals surface area (Å²) in [6.07, 6.45) is 0. The molecule has 2 heterocycles. The van der Waals surface area contributed by atoms with Crippen molar-refractivity contribution in [2.45, 2.75) is 0 Å². The molecule has 16 aromatic rings. The lowest BCUT2D eigenvalue weighted by atomic mass is 10.1. The zero-order valence-electron chi connectivity index (χ0n) is 48.5. The Bertz CT molecular complexity index is 5070. The average Bonchev–Trinajstić information content (AvgIpc) is 1.47. The number of para-hydroxylation sites is 2. The van der Waals surface area contributed by atoms with Crippen LogP contribution in [0, 0.1) is 0 Å². The van der Waals surface area contributed by atoms with Crippen LogP contribution >= 0.6 is 0 Å². The van der Waals surface area contributed by atoms with Crippen molar-refractivity contribution in [3.63, 3.8) is 0 Å². The van der Waals surface area contributed by atoms with E-state index in [-0.39, 0.29) is 0 Å². The second-order valence-electron chi connectivity index (χ2n) is 23.1. The molecule has 0 aliphatic carbocycles. The molecule has 0 saturated carbocycles. The number of hydrogen-bond donors (Lipinski definition) is 0. The summed E-state index contributed by atoms with van der Waals surface area (Å²) in [5, 5.41) is 15.7. The van der Waals surface area contributed by atoms with Gasteiger partial charge in [0.2, 0.25) is 0 Å². The first kappa shape index (κ1) is 52.7. The van der Waals surface area contributed by atoms with Crippen molar-refractivity contribution in [3.05, 3.63) is 364 Å². The molecule has 14 aromatic carbocycles. The normalized spacial score (nSPS) is 11.9. The van der Waals surface area contributed by atoms with Crippen molar-refractivity contribution in [2.75, 3.05) is 0 Å². The van der Waals surface area contributed by atoms with Crippen LogP contribution in [0.3, 0.4) is 0 Å². The Morgan fingerprint density at radius 1 is 0.182 bits per heavy atom. The highest BCUT2D eigenvalue weighted by Gasteiger charge is 2.44. The molecule has 0 amide bonds. The van der Waals surface area contributed by atoms with Crippen LogP contribution < -0.4 is 41.5 Å². The molecule has 0 atom stereocenters. The Kier molecular flexibility index (Phi) is 13.3. The van der Waals surface area contributed by atoms with Crippen LogP contribution in [-0.2, 0) is 0 Å². The van der Waals surface area contributed by atoms with Crippen LogP contribution in [0.4, 0.5) is 0 Å². The summed E-state index contributed by atoms with van der Waals surface area (Å²) in [5.41, 5.74) is 14.2. The molecule has 4 heteroatoms. The van der Waals surface area contributed by atoms with Crippen molar-refractivity contribution in [2.24, 2.45) is 0 Å². The van der Waals surface area contributed by atoms with Crippen LogP contribution in [-0.4, -0.2) is 25.3 Å². The van der Waals surface area contributed by atoms with Gasteiger partial charge in [-0.3, -0.25) is 0 Å². The molecule has 0 aliphatic heterocycles. The zero-order chi connectivity index (χ0) is 58.4. The lowest BCUT2D eigenvalue weighted by Crippen LogP contribution is -2.74. The lowest BCUT2D eigenvalue weighted by Gasteiger charge is -2.35. The zero-order valence-corrected chi connectivity index (χ0v) is 50.5. The van der Waals surface area contributed by atoms with E-state index in [1.54, 1.807) is 0 Å². The van der Waals surface area contributed by atoms with Crippen molar-refractivity contribution in [1.29, 1.82) is 0 Å². The van der Waals surface area contributed by atoms with Crippen molar-refractivity contribution in [1.82, 2.24) is 9.13 Å². The van der Waals surface area contributed by atoms with E-state index >= 15 is 0 Å². The van der Waals surface area contributed by atoms with Crippen LogP contribution in [0.2, 0.25) is 0 Å². The van der Waals surface area contributed by atoms with Crippen molar-refractivity contribution >= 4 is 101 Å². The van der Waals surface area contributed by atoms with Gasteiger partial charge in [0.15, 0.2) is 16.1 Å². The minimum absolute atomic E-state index is 1.12. The topological polar surface area (TPSA) is 9.86 Å². The molecule has 414 valence electrons. The van der Waals surface area contributed by atoms with Gasteiger partial charge in [-0.2, -0.15) is 0 Å². The van der Waals surface area contributed by atoms with E-state index in [2.05, 4.69) is 373 Å². The maximum atomic E-state index is 2.53. The molecule has 0 aliphatic rings. The number of fused-ring (bicyclic) bond motifs is 6. The summed E-state index contributed by atoms with van der Waals surface area (Å²) in [4.78, 5) is 0. The Morgan fingerprint density at radius 3 is 1.02 bits per heavy atom. The van der Waals surface area contributed by atoms with E-state index in [0.29, 0.717) is 0 Å². The standard InChI is InChI=1S/C84H60N2Si2/c1-7-28-61(29-8-1)64-34-23-44-72(56-64)87(69-38-13-4-14-39-69,73-45-24-35-65(57-73)62-30-9-2-10-31-62)75-47-26-37-67(59-75)85-79-50-21-19-48-76(79)78-60-68(54-55-81(78)85)86-80-51-22-20-49-77(80)84-82(86)52-27-53-83(84)88(70-40-15-5-16-41-70,71-42-17-6-18-43-71)74-46-25-36-66(58-74)63-32-11-3-12-33-63/h1-60H. The Hall–Kier alpha value is -10.9. The molecule has 0 fully saturated rings. The average molecular weight is 1150 g/mol.